The Hall–Kier alpha value is -3.79. The number of nitrogens with two attached hydrogens (primary N) is 1. The van der Waals surface area contributed by atoms with Crippen LogP contribution in [0.5, 0.6) is 0 Å². The quantitative estimate of drug-likeness (QED) is 0.231. The number of amides is 4. The Morgan fingerprint density at radius 2 is 1.77 bits per heavy atom. The Kier molecular flexibility index (Phi) is 9.80. The Morgan fingerprint density at radius 3 is 2.31 bits per heavy atom. The number of imide groups is 1. The van der Waals surface area contributed by atoms with Crippen molar-refractivity contribution in [3.05, 3.63) is 53.3 Å². The number of urea groups is 1. The zero-order valence-corrected chi connectivity index (χ0v) is 23.4. The number of nitrogens with one attached hydrogen (secondary N) is 1. The maximum atomic E-state index is 13.5. The second-order valence-electron chi connectivity index (χ2n) is 10.9. The minimum Gasteiger partial charge on any atom is -0.443 e. The number of hydrogen-bond donors (Lipinski definition) is 2. The van der Waals surface area contributed by atoms with Gasteiger partial charge in [0.15, 0.2) is 0 Å². The monoisotopic (exact) mass is 537 g/mol. The number of pyridine rings is 1. The third-order valence-electron chi connectivity index (χ3n) is 6.72. The average molecular weight is 538 g/mol. The number of benzene rings is 1. The van der Waals surface area contributed by atoms with E-state index in [9.17, 15) is 19.2 Å². The lowest BCUT2D eigenvalue weighted by Crippen LogP contribution is -2.58. The zero-order valence-electron chi connectivity index (χ0n) is 23.4. The lowest BCUT2D eigenvalue weighted by atomic mass is 9.94. The van der Waals surface area contributed by atoms with Gasteiger partial charge in [0.25, 0.3) is 5.91 Å². The molecule has 39 heavy (non-hydrogen) atoms. The van der Waals surface area contributed by atoms with Crippen molar-refractivity contribution < 1.29 is 23.9 Å². The fourth-order valence-electron chi connectivity index (χ4n) is 4.68. The number of aldehydes is 1. The molecule has 1 saturated carbocycles. The first-order valence-corrected chi connectivity index (χ1v) is 13.3. The number of nitrogens with zero attached hydrogens (tertiary/aromatic N) is 3. The van der Waals surface area contributed by atoms with Crippen LogP contribution in [0.2, 0.25) is 0 Å². The molecule has 1 aliphatic carbocycles. The molecule has 1 fully saturated rings. The Morgan fingerprint density at radius 1 is 1.13 bits per heavy atom. The van der Waals surface area contributed by atoms with Crippen molar-refractivity contribution in [2.45, 2.75) is 83.9 Å². The van der Waals surface area contributed by atoms with Gasteiger partial charge < -0.3 is 14.8 Å². The predicted octanol–water partition coefficient (Wildman–Crippen LogP) is 4.39. The lowest BCUT2D eigenvalue weighted by Gasteiger charge is -2.37. The largest absolute Gasteiger partial charge is 0.443 e. The van der Waals surface area contributed by atoms with Crippen molar-refractivity contribution in [1.82, 2.24) is 20.2 Å². The van der Waals surface area contributed by atoms with E-state index < -0.39 is 23.8 Å². The molecule has 2 aromatic rings. The van der Waals surface area contributed by atoms with Crippen molar-refractivity contribution in [2.75, 3.05) is 7.05 Å². The van der Waals surface area contributed by atoms with E-state index in [0.717, 1.165) is 51.4 Å². The Bertz CT molecular complexity index is 1190. The van der Waals surface area contributed by atoms with Crippen molar-refractivity contribution in [1.29, 1.82) is 0 Å². The normalized spacial score (nSPS) is 14.7. The molecule has 1 heterocycles. The summed E-state index contributed by atoms with van der Waals surface area (Å²) in [4.78, 5) is 55.8. The van der Waals surface area contributed by atoms with Crippen LogP contribution in [0.3, 0.4) is 0 Å². The van der Waals surface area contributed by atoms with Gasteiger partial charge >= 0.3 is 12.1 Å². The first-order chi connectivity index (χ1) is 18.4. The molecule has 1 aliphatic rings. The molecule has 3 rings (SSSR count). The van der Waals surface area contributed by atoms with Crippen molar-refractivity contribution >= 4 is 24.3 Å². The third kappa shape index (κ3) is 7.63. The van der Waals surface area contributed by atoms with Gasteiger partial charge in [0, 0.05) is 31.3 Å². The molecule has 0 aliphatic heterocycles. The summed E-state index contributed by atoms with van der Waals surface area (Å²) in [7, 11) is 1.56. The molecular weight excluding hydrogens is 498 g/mol. The number of rotatable bonds is 7. The van der Waals surface area contributed by atoms with Gasteiger partial charge in [-0.2, -0.15) is 0 Å². The Balaban J connectivity index is 1.76. The first kappa shape index (κ1) is 29.8. The van der Waals surface area contributed by atoms with E-state index in [4.69, 9.17) is 10.6 Å². The van der Waals surface area contributed by atoms with Crippen LogP contribution >= 0.6 is 0 Å². The van der Waals surface area contributed by atoms with Gasteiger partial charge in [0.2, 0.25) is 0 Å². The van der Waals surface area contributed by atoms with Crippen molar-refractivity contribution in [3.8, 4) is 11.1 Å². The molecule has 10 heteroatoms. The third-order valence-corrected chi connectivity index (χ3v) is 6.72. The van der Waals surface area contributed by atoms with Crippen LogP contribution in [0.1, 0.15) is 74.5 Å². The molecule has 3 N–H and O–H groups in total. The lowest BCUT2D eigenvalue weighted by molar-refractivity contribution is -0.112. The van der Waals surface area contributed by atoms with Crippen molar-refractivity contribution in [3.63, 3.8) is 0 Å². The van der Waals surface area contributed by atoms with Gasteiger partial charge in [-0.15, -0.1) is 0 Å². The molecule has 0 bridgehead atoms. The molecule has 1 aromatic carbocycles. The van der Waals surface area contributed by atoms with E-state index >= 15 is 0 Å². The van der Waals surface area contributed by atoms with Gasteiger partial charge in [-0.05, 0) is 63.3 Å². The number of aryl methyl sites for hydroxylation is 1. The molecular formula is C29H39N5O5. The van der Waals surface area contributed by atoms with E-state index in [1.165, 1.54) is 0 Å². The number of hydrazine groups is 1. The number of ether oxygens (including phenoxy) is 1. The molecule has 0 radical (unpaired) electrons. The second-order valence-corrected chi connectivity index (χ2v) is 10.9. The van der Waals surface area contributed by atoms with Crippen LogP contribution in [0.4, 0.5) is 9.59 Å². The summed E-state index contributed by atoms with van der Waals surface area (Å²) < 4.78 is 5.51. The number of hydrogen-bond acceptors (Lipinski definition) is 7. The van der Waals surface area contributed by atoms with E-state index in [1.54, 1.807) is 34.0 Å². The highest BCUT2D eigenvalue weighted by Crippen LogP contribution is 2.26. The van der Waals surface area contributed by atoms with Crippen LogP contribution in [0.25, 0.3) is 11.1 Å². The summed E-state index contributed by atoms with van der Waals surface area (Å²) in [5.74, 6) is 5.93. The van der Waals surface area contributed by atoms with E-state index in [1.807, 2.05) is 37.3 Å². The van der Waals surface area contributed by atoms with E-state index in [0.29, 0.717) is 24.8 Å². The minimum absolute atomic E-state index is 0.172. The van der Waals surface area contributed by atoms with Crippen LogP contribution in [-0.2, 0) is 16.0 Å². The topological polar surface area (TPSA) is 135 Å². The van der Waals surface area contributed by atoms with Gasteiger partial charge in [-0.3, -0.25) is 14.8 Å². The number of carbonyl (C=O) groups excluding carboxylic acids is 4. The van der Waals surface area contributed by atoms with Gasteiger partial charge in [0.1, 0.15) is 23.6 Å². The van der Waals surface area contributed by atoms with Crippen LogP contribution in [0.15, 0.2) is 36.5 Å². The molecule has 1 atom stereocenters. The highest BCUT2D eigenvalue weighted by molar-refractivity contribution is 5.94. The standard InChI is InChI=1S/C29H39N5O5/c1-19-15-22(17-32-25(19)26(36)31-5)21-13-11-20(12-14-21)16-24(18-35)34(30)27(37)33(23-9-7-6-8-10-23)28(38)39-29(2,3)4/h11-15,17-18,23-24H,6-10,16,30H2,1-5H3,(H,31,36)/t24-/m0/s1. The summed E-state index contributed by atoms with van der Waals surface area (Å²) in [6, 6.07) is 7.28. The van der Waals surface area contributed by atoms with Crippen molar-refractivity contribution in [2.24, 2.45) is 5.84 Å². The average Bonchev–Trinajstić information content (AvgIpc) is 2.90. The summed E-state index contributed by atoms with van der Waals surface area (Å²) in [6.07, 6.45) is 5.85. The summed E-state index contributed by atoms with van der Waals surface area (Å²) in [5, 5.41) is 3.41. The minimum atomic E-state index is -0.979. The molecule has 10 nitrogen and oxygen atoms in total. The van der Waals surface area contributed by atoms with Crippen LogP contribution < -0.4 is 11.2 Å². The highest BCUT2D eigenvalue weighted by atomic mass is 16.6. The summed E-state index contributed by atoms with van der Waals surface area (Å²) in [5.41, 5.74) is 2.85. The number of aromatic nitrogens is 1. The van der Waals surface area contributed by atoms with Gasteiger partial charge in [-0.1, -0.05) is 43.5 Å². The van der Waals surface area contributed by atoms with E-state index in [2.05, 4.69) is 10.3 Å². The molecule has 0 saturated heterocycles. The number of carbonyl (C=O) groups is 4. The van der Waals surface area contributed by atoms with Gasteiger partial charge in [-0.25, -0.2) is 20.3 Å². The van der Waals surface area contributed by atoms with Crippen LogP contribution in [0, 0.1) is 6.92 Å². The second kappa shape index (κ2) is 12.8. The highest BCUT2D eigenvalue weighted by Gasteiger charge is 2.38. The Labute approximate surface area is 229 Å². The summed E-state index contributed by atoms with van der Waals surface area (Å²) >= 11 is 0. The SMILES string of the molecule is CNC(=O)c1ncc(-c2ccc(C[C@@H](C=O)N(N)C(=O)N(C(=O)OC(C)(C)C)C3CCCCC3)cc2)cc1C. The fourth-order valence-corrected chi connectivity index (χ4v) is 4.68. The fraction of sp³-hybridized carbons (Fsp3) is 0.483. The van der Waals surface area contributed by atoms with Crippen LogP contribution in [-0.4, -0.2) is 63.9 Å². The molecule has 210 valence electrons. The maximum Gasteiger partial charge on any atom is 0.418 e. The zero-order chi connectivity index (χ0) is 28.7. The smallest absolute Gasteiger partial charge is 0.418 e. The van der Waals surface area contributed by atoms with Gasteiger partial charge in [0.05, 0.1) is 0 Å². The van der Waals surface area contributed by atoms with E-state index in [-0.39, 0.29) is 18.4 Å². The molecule has 4 amide bonds. The summed E-state index contributed by atoms with van der Waals surface area (Å²) in [6.45, 7) is 7.03. The predicted molar refractivity (Wildman–Crippen MR) is 148 cm³/mol. The first-order valence-electron chi connectivity index (χ1n) is 13.3. The maximum absolute atomic E-state index is 13.5. The molecule has 0 unspecified atom stereocenters. The molecule has 1 aromatic heterocycles. The molecule has 0 spiro atoms.